The first-order valence-corrected chi connectivity index (χ1v) is 12.2. The molecule has 0 bridgehead atoms. The summed E-state index contributed by atoms with van der Waals surface area (Å²) >= 11 is 5.91. The summed E-state index contributed by atoms with van der Waals surface area (Å²) in [6.07, 6.45) is 1.31. The highest BCUT2D eigenvalue weighted by atomic mass is 35.5. The van der Waals surface area contributed by atoms with Crippen LogP contribution < -0.4 is 10.6 Å². The molecule has 1 atom stereocenters. The van der Waals surface area contributed by atoms with Gasteiger partial charge in [0.1, 0.15) is 12.4 Å². The van der Waals surface area contributed by atoms with Crippen molar-refractivity contribution >= 4 is 40.8 Å². The summed E-state index contributed by atoms with van der Waals surface area (Å²) in [5.74, 6) is -0.991. The maximum Gasteiger partial charge on any atom is 0.323 e. The van der Waals surface area contributed by atoms with Crippen LogP contribution in [-0.2, 0) is 16.0 Å². The van der Waals surface area contributed by atoms with E-state index >= 15 is 0 Å². The molecular formula is C28H26ClFN2O4. The fourth-order valence-corrected chi connectivity index (χ4v) is 4.72. The SMILES string of the molecule is CC.O=C(Nc1cccc(Cl)c1)Nc1ccc(-c2ccc3c(c2)CCC2(COC(=O)C2)C3=O)cc1F. The third-order valence-electron chi connectivity index (χ3n) is 6.33. The fourth-order valence-electron chi connectivity index (χ4n) is 4.53. The number of rotatable bonds is 3. The van der Waals surface area contributed by atoms with E-state index in [9.17, 15) is 18.8 Å². The number of benzene rings is 3. The molecule has 2 N–H and O–H groups in total. The second-order valence-corrected chi connectivity index (χ2v) is 9.04. The van der Waals surface area contributed by atoms with Crippen LogP contribution in [0.15, 0.2) is 60.7 Å². The van der Waals surface area contributed by atoms with Gasteiger partial charge < -0.3 is 15.4 Å². The second-order valence-electron chi connectivity index (χ2n) is 8.60. The standard InChI is InChI=1S/C26H20ClFN2O4.C2H6/c27-18-2-1-3-19(12-18)29-25(33)30-22-7-5-16(11-21(22)28)15-4-6-20-17(10-15)8-9-26(24(20)32)13-23(31)34-14-26;1-2/h1-7,10-12H,8-9,13-14H2,(H2,29,30,33);1-2H3. The number of nitrogens with one attached hydrogen (secondary N) is 2. The lowest BCUT2D eigenvalue weighted by Crippen LogP contribution is -2.36. The first kappa shape index (κ1) is 25.4. The van der Waals surface area contributed by atoms with Gasteiger partial charge in [0.05, 0.1) is 17.5 Å². The number of urea groups is 1. The molecule has 186 valence electrons. The molecule has 0 radical (unpaired) electrons. The normalized spacial score (nSPS) is 18.1. The number of hydrogen-bond acceptors (Lipinski definition) is 4. The van der Waals surface area contributed by atoms with Crippen molar-refractivity contribution in [2.45, 2.75) is 33.1 Å². The van der Waals surface area contributed by atoms with Gasteiger partial charge in [-0.1, -0.05) is 55.8 Å². The Morgan fingerprint density at radius 3 is 2.44 bits per heavy atom. The highest BCUT2D eigenvalue weighted by Gasteiger charge is 2.49. The fraction of sp³-hybridized carbons (Fsp3) is 0.250. The number of fused-ring (bicyclic) bond motifs is 1. The van der Waals surface area contributed by atoms with Crippen LogP contribution in [0.3, 0.4) is 0 Å². The predicted octanol–water partition coefficient (Wildman–Crippen LogP) is 6.88. The minimum absolute atomic E-state index is 0.0317. The zero-order valence-corrected chi connectivity index (χ0v) is 20.7. The third kappa shape index (κ3) is 5.11. The number of ketones is 1. The summed E-state index contributed by atoms with van der Waals surface area (Å²) in [6, 6.07) is 16.0. The van der Waals surface area contributed by atoms with Gasteiger partial charge in [-0.05, 0) is 59.9 Å². The molecule has 1 aliphatic heterocycles. The van der Waals surface area contributed by atoms with E-state index < -0.39 is 17.3 Å². The number of aryl methyl sites for hydroxylation is 1. The number of amides is 2. The number of carbonyl (C=O) groups is 3. The van der Waals surface area contributed by atoms with Gasteiger partial charge in [0, 0.05) is 16.3 Å². The first-order chi connectivity index (χ1) is 17.3. The summed E-state index contributed by atoms with van der Waals surface area (Å²) in [5.41, 5.74) is 2.60. The Kier molecular flexibility index (Phi) is 7.40. The van der Waals surface area contributed by atoms with Crippen LogP contribution in [0.4, 0.5) is 20.6 Å². The maximum absolute atomic E-state index is 14.8. The van der Waals surface area contributed by atoms with E-state index in [0.29, 0.717) is 34.7 Å². The molecule has 1 spiro atoms. The number of Topliss-reactive ketones (excluding diaryl/α,β-unsaturated/α-hetero) is 1. The minimum Gasteiger partial charge on any atom is -0.465 e. The molecule has 5 rings (SSSR count). The van der Waals surface area contributed by atoms with Crippen molar-refractivity contribution in [3.63, 3.8) is 0 Å². The summed E-state index contributed by atoms with van der Waals surface area (Å²) in [6.45, 7) is 4.14. The topological polar surface area (TPSA) is 84.5 Å². The second kappa shape index (κ2) is 10.5. The third-order valence-corrected chi connectivity index (χ3v) is 6.56. The molecule has 2 amide bonds. The Labute approximate surface area is 213 Å². The molecular weight excluding hydrogens is 483 g/mol. The summed E-state index contributed by atoms with van der Waals surface area (Å²) in [4.78, 5) is 36.9. The quantitative estimate of drug-likeness (QED) is 0.378. The maximum atomic E-state index is 14.8. The van der Waals surface area contributed by atoms with Crippen molar-refractivity contribution in [3.8, 4) is 11.1 Å². The van der Waals surface area contributed by atoms with Gasteiger partial charge in [-0.3, -0.25) is 9.59 Å². The Morgan fingerprint density at radius 1 is 1.00 bits per heavy atom. The van der Waals surface area contributed by atoms with Crippen LogP contribution in [0.5, 0.6) is 0 Å². The predicted molar refractivity (Wildman–Crippen MR) is 138 cm³/mol. The number of hydrogen-bond donors (Lipinski definition) is 2. The molecule has 8 heteroatoms. The Hall–Kier alpha value is -3.71. The van der Waals surface area contributed by atoms with E-state index in [1.165, 1.54) is 12.1 Å². The van der Waals surface area contributed by atoms with Gasteiger partial charge in [0.25, 0.3) is 0 Å². The summed E-state index contributed by atoms with van der Waals surface area (Å²) in [5, 5.41) is 5.57. The van der Waals surface area contributed by atoms with E-state index in [2.05, 4.69) is 10.6 Å². The van der Waals surface area contributed by atoms with E-state index in [1.807, 2.05) is 19.9 Å². The van der Waals surface area contributed by atoms with E-state index in [0.717, 1.165) is 11.1 Å². The molecule has 1 heterocycles. The summed E-state index contributed by atoms with van der Waals surface area (Å²) < 4.78 is 19.8. The Balaban J connectivity index is 0.00000148. The molecule has 6 nitrogen and oxygen atoms in total. The van der Waals surface area contributed by atoms with Crippen LogP contribution in [0, 0.1) is 11.2 Å². The van der Waals surface area contributed by atoms with Crippen molar-refractivity contribution < 1.29 is 23.5 Å². The van der Waals surface area contributed by atoms with Crippen LogP contribution >= 0.6 is 11.6 Å². The molecule has 1 aliphatic carbocycles. The number of esters is 1. The highest BCUT2D eigenvalue weighted by Crippen LogP contribution is 2.43. The lowest BCUT2D eigenvalue weighted by atomic mass is 9.69. The summed E-state index contributed by atoms with van der Waals surface area (Å²) in [7, 11) is 0. The Morgan fingerprint density at radius 2 is 1.75 bits per heavy atom. The lowest BCUT2D eigenvalue weighted by Gasteiger charge is -2.30. The van der Waals surface area contributed by atoms with Gasteiger partial charge >= 0.3 is 12.0 Å². The van der Waals surface area contributed by atoms with Crippen LogP contribution in [-0.4, -0.2) is 24.4 Å². The molecule has 0 saturated carbocycles. The van der Waals surface area contributed by atoms with Gasteiger partial charge in [0.2, 0.25) is 0 Å². The average molecular weight is 509 g/mol. The zero-order chi connectivity index (χ0) is 25.9. The van der Waals surface area contributed by atoms with Gasteiger partial charge in [-0.2, -0.15) is 0 Å². The van der Waals surface area contributed by atoms with E-state index in [-0.39, 0.29) is 30.5 Å². The molecule has 0 aromatic heterocycles. The number of carbonyl (C=O) groups excluding carboxylic acids is 3. The molecule has 2 aliphatic rings. The largest absolute Gasteiger partial charge is 0.465 e. The molecule has 3 aromatic carbocycles. The van der Waals surface area contributed by atoms with Gasteiger partial charge in [-0.25, -0.2) is 9.18 Å². The van der Waals surface area contributed by atoms with Crippen LogP contribution in [0.2, 0.25) is 5.02 Å². The lowest BCUT2D eigenvalue weighted by molar-refractivity contribution is -0.137. The molecule has 1 unspecified atom stereocenters. The Bertz CT molecular complexity index is 1340. The van der Waals surface area contributed by atoms with Crippen molar-refractivity contribution in [1.82, 2.24) is 0 Å². The van der Waals surface area contributed by atoms with Crippen LogP contribution in [0.25, 0.3) is 11.1 Å². The molecule has 1 saturated heterocycles. The van der Waals surface area contributed by atoms with Gasteiger partial charge in [-0.15, -0.1) is 0 Å². The molecule has 36 heavy (non-hydrogen) atoms. The van der Waals surface area contributed by atoms with E-state index in [4.69, 9.17) is 16.3 Å². The first-order valence-electron chi connectivity index (χ1n) is 11.8. The smallest absolute Gasteiger partial charge is 0.323 e. The average Bonchev–Trinajstić information content (AvgIpc) is 3.25. The molecule has 3 aromatic rings. The number of ether oxygens (including phenoxy) is 1. The van der Waals surface area contributed by atoms with Crippen molar-refractivity contribution in [2.75, 3.05) is 17.2 Å². The number of anilines is 2. The molecule has 1 fully saturated rings. The number of cyclic esters (lactones) is 1. The number of halogens is 2. The zero-order valence-electron chi connectivity index (χ0n) is 20.0. The van der Waals surface area contributed by atoms with Crippen LogP contribution in [0.1, 0.15) is 42.6 Å². The van der Waals surface area contributed by atoms with Crippen molar-refractivity contribution in [1.29, 1.82) is 0 Å². The van der Waals surface area contributed by atoms with Gasteiger partial charge in [0.15, 0.2) is 5.78 Å². The van der Waals surface area contributed by atoms with E-state index in [1.54, 1.807) is 42.5 Å². The van der Waals surface area contributed by atoms with Crippen molar-refractivity contribution in [3.05, 3.63) is 82.6 Å². The minimum atomic E-state index is -0.753. The highest BCUT2D eigenvalue weighted by molar-refractivity contribution is 6.30. The monoisotopic (exact) mass is 508 g/mol. The van der Waals surface area contributed by atoms with Crippen molar-refractivity contribution in [2.24, 2.45) is 5.41 Å².